The van der Waals surface area contributed by atoms with Gasteiger partial charge in [0.05, 0.1) is 0 Å². The van der Waals surface area contributed by atoms with E-state index in [9.17, 15) is 9.59 Å². The number of carboxylic acid groups (broad SMARTS) is 1. The molecule has 0 unspecified atom stereocenters. The Balaban J connectivity index is 3.38. The molecule has 0 aromatic heterocycles. The summed E-state index contributed by atoms with van der Waals surface area (Å²) in [4.78, 5) is 21.8. The molecule has 0 aliphatic heterocycles. The predicted molar refractivity (Wildman–Crippen MR) is 54.2 cm³/mol. The molecule has 0 spiro atoms. The maximum absolute atomic E-state index is 11.0. The average Bonchev–Trinajstić information content (AvgIpc) is 2.10. The van der Waals surface area contributed by atoms with Gasteiger partial charge in [0.1, 0.15) is 11.3 Å². The van der Waals surface area contributed by atoms with Crippen LogP contribution in [0.4, 0.5) is 0 Å². The molecule has 0 aliphatic rings. The van der Waals surface area contributed by atoms with Gasteiger partial charge in [-0.3, -0.25) is 4.79 Å². The van der Waals surface area contributed by atoms with Crippen LogP contribution in [0.25, 0.3) is 0 Å². The second kappa shape index (κ2) is 4.13. The van der Waals surface area contributed by atoms with Gasteiger partial charge in [-0.25, -0.2) is 4.79 Å². The molecule has 0 amide bonds. The number of hydrogen-bond donors (Lipinski definition) is 1. The van der Waals surface area contributed by atoms with Crippen molar-refractivity contribution in [3.63, 3.8) is 0 Å². The number of esters is 1. The molecule has 4 heteroatoms. The second-order valence-corrected chi connectivity index (χ2v) is 3.30. The molecular weight excluding hydrogens is 196 g/mol. The van der Waals surface area contributed by atoms with Crippen molar-refractivity contribution in [3.8, 4) is 5.75 Å². The van der Waals surface area contributed by atoms with Crippen LogP contribution >= 0.6 is 0 Å². The van der Waals surface area contributed by atoms with Crippen LogP contribution in [0.1, 0.15) is 28.4 Å². The number of hydrogen-bond acceptors (Lipinski definition) is 3. The highest BCUT2D eigenvalue weighted by atomic mass is 16.5. The zero-order valence-electron chi connectivity index (χ0n) is 8.83. The Morgan fingerprint density at radius 1 is 1.20 bits per heavy atom. The largest absolute Gasteiger partial charge is 0.478 e. The van der Waals surface area contributed by atoms with Crippen LogP contribution < -0.4 is 4.74 Å². The number of aryl methyl sites for hydroxylation is 2. The van der Waals surface area contributed by atoms with E-state index < -0.39 is 11.9 Å². The fourth-order valence-electron chi connectivity index (χ4n) is 1.33. The number of carbonyl (C=O) groups is 2. The fourth-order valence-corrected chi connectivity index (χ4v) is 1.33. The van der Waals surface area contributed by atoms with Crippen molar-refractivity contribution in [2.75, 3.05) is 0 Å². The van der Waals surface area contributed by atoms with Gasteiger partial charge in [-0.15, -0.1) is 0 Å². The molecule has 0 aliphatic carbocycles. The molecule has 15 heavy (non-hydrogen) atoms. The molecule has 1 N–H and O–H groups in total. The Labute approximate surface area is 87.5 Å². The van der Waals surface area contributed by atoms with Gasteiger partial charge in [0, 0.05) is 6.92 Å². The van der Waals surface area contributed by atoms with Gasteiger partial charge in [0.15, 0.2) is 0 Å². The quantitative estimate of drug-likeness (QED) is 0.595. The van der Waals surface area contributed by atoms with Crippen molar-refractivity contribution < 1.29 is 19.4 Å². The molecule has 0 heterocycles. The summed E-state index contributed by atoms with van der Waals surface area (Å²) in [6.45, 7) is 4.60. The van der Waals surface area contributed by atoms with E-state index in [0.29, 0.717) is 11.1 Å². The summed E-state index contributed by atoms with van der Waals surface area (Å²) >= 11 is 0. The van der Waals surface area contributed by atoms with Crippen LogP contribution in [0, 0.1) is 13.8 Å². The highest BCUT2D eigenvalue weighted by molar-refractivity contribution is 5.94. The molecule has 1 aromatic rings. The van der Waals surface area contributed by atoms with Crippen LogP contribution in [0.2, 0.25) is 0 Å². The van der Waals surface area contributed by atoms with Crippen LogP contribution in [0.15, 0.2) is 12.1 Å². The Hall–Kier alpha value is -1.84. The van der Waals surface area contributed by atoms with E-state index in [4.69, 9.17) is 9.84 Å². The molecule has 1 aromatic carbocycles. The molecular formula is C11H12O4. The summed E-state index contributed by atoms with van der Waals surface area (Å²) in [7, 11) is 0. The lowest BCUT2D eigenvalue weighted by Gasteiger charge is -2.10. The highest BCUT2D eigenvalue weighted by Gasteiger charge is 2.17. The lowest BCUT2D eigenvalue weighted by Crippen LogP contribution is -2.10. The maximum atomic E-state index is 11.0. The zero-order valence-corrected chi connectivity index (χ0v) is 8.83. The molecule has 4 nitrogen and oxygen atoms in total. The number of ether oxygens (including phenoxy) is 1. The smallest absolute Gasteiger partial charge is 0.339 e. The molecule has 0 fully saturated rings. The maximum Gasteiger partial charge on any atom is 0.339 e. The topological polar surface area (TPSA) is 63.6 Å². The second-order valence-electron chi connectivity index (χ2n) is 3.30. The minimum atomic E-state index is -1.09. The van der Waals surface area contributed by atoms with Crippen LogP contribution in [0.5, 0.6) is 5.75 Å². The molecule has 0 saturated heterocycles. The van der Waals surface area contributed by atoms with Crippen molar-refractivity contribution in [3.05, 3.63) is 28.8 Å². The normalized spacial score (nSPS) is 9.80. The molecule has 0 saturated carbocycles. The van der Waals surface area contributed by atoms with Gasteiger partial charge in [-0.1, -0.05) is 12.1 Å². The summed E-state index contributed by atoms with van der Waals surface area (Å²) < 4.78 is 4.90. The van der Waals surface area contributed by atoms with Crippen LogP contribution in [-0.2, 0) is 4.79 Å². The lowest BCUT2D eigenvalue weighted by atomic mass is 10.0. The number of benzene rings is 1. The first-order valence-corrected chi connectivity index (χ1v) is 4.45. The van der Waals surface area contributed by atoms with Crippen molar-refractivity contribution >= 4 is 11.9 Å². The van der Waals surface area contributed by atoms with E-state index in [-0.39, 0.29) is 11.3 Å². The first-order chi connectivity index (χ1) is 6.93. The van der Waals surface area contributed by atoms with Crippen molar-refractivity contribution in [1.29, 1.82) is 0 Å². The third kappa shape index (κ3) is 2.34. The van der Waals surface area contributed by atoms with Gasteiger partial charge in [-0.05, 0) is 25.0 Å². The SMILES string of the molecule is CC(=O)Oc1c(C)ccc(C)c1C(=O)O. The molecule has 80 valence electrons. The number of carbonyl (C=O) groups excluding carboxylic acids is 1. The fraction of sp³-hybridized carbons (Fsp3) is 0.273. The van der Waals surface area contributed by atoms with Gasteiger partial charge >= 0.3 is 11.9 Å². The van der Waals surface area contributed by atoms with Crippen molar-refractivity contribution in [2.45, 2.75) is 20.8 Å². The van der Waals surface area contributed by atoms with E-state index in [1.54, 1.807) is 26.0 Å². The van der Waals surface area contributed by atoms with E-state index in [2.05, 4.69) is 0 Å². The average molecular weight is 208 g/mol. The van der Waals surface area contributed by atoms with Crippen molar-refractivity contribution in [2.24, 2.45) is 0 Å². The Bertz CT molecular complexity index is 421. The first kappa shape index (κ1) is 11.2. The summed E-state index contributed by atoms with van der Waals surface area (Å²) in [6, 6.07) is 3.41. The van der Waals surface area contributed by atoms with Gasteiger partial charge in [0.2, 0.25) is 0 Å². The summed E-state index contributed by atoms with van der Waals surface area (Å²) in [6.07, 6.45) is 0. The predicted octanol–water partition coefficient (Wildman–Crippen LogP) is 1.93. The number of carboxylic acids is 1. The Morgan fingerprint density at radius 3 is 2.20 bits per heavy atom. The van der Waals surface area contributed by atoms with Gasteiger partial charge in [0.25, 0.3) is 0 Å². The van der Waals surface area contributed by atoms with Gasteiger partial charge in [-0.2, -0.15) is 0 Å². The standard InChI is InChI=1S/C11H12O4/c1-6-4-5-7(2)10(15-8(3)12)9(6)11(13)14/h4-5H,1-3H3,(H,13,14). The zero-order chi connectivity index (χ0) is 11.6. The molecule has 0 bridgehead atoms. The minimum Gasteiger partial charge on any atom is -0.478 e. The molecule has 1 rings (SSSR count). The van der Waals surface area contributed by atoms with E-state index in [0.717, 1.165) is 0 Å². The highest BCUT2D eigenvalue weighted by Crippen LogP contribution is 2.26. The first-order valence-electron chi connectivity index (χ1n) is 4.45. The summed E-state index contributed by atoms with van der Waals surface area (Å²) in [5.41, 5.74) is 1.25. The van der Waals surface area contributed by atoms with E-state index >= 15 is 0 Å². The lowest BCUT2D eigenvalue weighted by molar-refractivity contribution is -0.131. The number of aromatic carboxylic acids is 1. The number of rotatable bonds is 2. The Kier molecular flexibility index (Phi) is 3.09. The molecule has 0 atom stereocenters. The van der Waals surface area contributed by atoms with Crippen LogP contribution in [0.3, 0.4) is 0 Å². The summed E-state index contributed by atoms with van der Waals surface area (Å²) in [5, 5.41) is 8.99. The third-order valence-electron chi connectivity index (χ3n) is 2.02. The Morgan fingerprint density at radius 2 is 1.73 bits per heavy atom. The van der Waals surface area contributed by atoms with Gasteiger partial charge < -0.3 is 9.84 Å². The molecule has 0 radical (unpaired) electrons. The van der Waals surface area contributed by atoms with E-state index in [1.165, 1.54) is 6.92 Å². The third-order valence-corrected chi connectivity index (χ3v) is 2.02. The van der Waals surface area contributed by atoms with Crippen molar-refractivity contribution in [1.82, 2.24) is 0 Å². The van der Waals surface area contributed by atoms with E-state index in [1.807, 2.05) is 0 Å². The monoisotopic (exact) mass is 208 g/mol. The minimum absolute atomic E-state index is 0.0465. The summed E-state index contributed by atoms with van der Waals surface area (Å²) in [5.74, 6) is -1.48. The van der Waals surface area contributed by atoms with Crippen LogP contribution in [-0.4, -0.2) is 17.0 Å².